The number of fused-ring (bicyclic) bond motifs is 2. The van der Waals surface area contributed by atoms with Crippen molar-refractivity contribution in [2.45, 2.75) is 71.6 Å². The summed E-state index contributed by atoms with van der Waals surface area (Å²) in [5, 5.41) is 25.2. The second-order valence-electron chi connectivity index (χ2n) is 13.6. The largest absolute Gasteiger partial charge is 0.399 e. The lowest BCUT2D eigenvalue weighted by Gasteiger charge is -2.36. The van der Waals surface area contributed by atoms with Crippen LogP contribution in [0.2, 0.25) is 0 Å². The maximum Gasteiger partial charge on any atom is 0.264 e. The predicted molar refractivity (Wildman–Crippen MR) is 198 cm³/mol. The Morgan fingerprint density at radius 2 is 1.76 bits per heavy atom. The van der Waals surface area contributed by atoms with Crippen LogP contribution >= 0.6 is 0 Å². The van der Waals surface area contributed by atoms with Crippen molar-refractivity contribution in [1.82, 2.24) is 4.90 Å². The van der Waals surface area contributed by atoms with Gasteiger partial charge in [-0.05, 0) is 93.6 Å². The van der Waals surface area contributed by atoms with Gasteiger partial charge in [0.1, 0.15) is 0 Å². The molecule has 0 aliphatic carbocycles. The molecule has 0 fully saturated rings. The van der Waals surface area contributed by atoms with Crippen molar-refractivity contribution in [3.05, 3.63) is 124 Å². The SMILES string of the molecule is CC(C)=CCC/C(C)=C/CN1C(=O)[C@@](O)([C@@H](C)/C=C/CC(=O)N2Cc3ccccc3C[C@H]2CO)c2cc(NC(=O)c3ccc(N)cc3)ccc21. The highest BCUT2D eigenvalue weighted by molar-refractivity contribution is 6.09. The minimum atomic E-state index is -1.95. The third-order valence-corrected chi connectivity index (χ3v) is 9.68. The molecule has 5 N–H and O–H groups in total. The Kier molecular flexibility index (Phi) is 11.4. The van der Waals surface area contributed by atoms with Crippen LogP contribution in [-0.4, -0.2) is 52.0 Å². The number of rotatable bonds is 12. The van der Waals surface area contributed by atoms with Crippen molar-refractivity contribution < 1.29 is 24.6 Å². The number of anilines is 3. The van der Waals surface area contributed by atoms with E-state index in [0.717, 1.165) is 29.5 Å². The number of aliphatic hydroxyl groups is 2. The van der Waals surface area contributed by atoms with Crippen LogP contribution in [0.3, 0.4) is 0 Å². The molecule has 2 aliphatic rings. The van der Waals surface area contributed by atoms with Gasteiger partial charge in [0.25, 0.3) is 11.8 Å². The molecule has 2 heterocycles. The molecular weight excluding hydrogens is 628 g/mol. The van der Waals surface area contributed by atoms with Crippen LogP contribution in [-0.2, 0) is 28.2 Å². The van der Waals surface area contributed by atoms with E-state index in [-0.39, 0.29) is 37.4 Å². The molecule has 0 aromatic heterocycles. The van der Waals surface area contributed by atoms with Crippen molar-refractivity contribution in [2.24, 2.45) is 5.92 Å². The zero-order chi connectivity index (χ0) is 36.0. The first-order valence-corrected chi connectivity index (χ1v) is 17.2. The van der Waals surface area contributed by atoms with Crippen LogP contribution in [0.15, 0.2) is 102 Å². The number of carbonyl (C=O) groups excluding carboxylic acids is 3. The fourth-order valence-electron chi connectivity index (χ4n) is 6.65. The van der Waals surface area contributed by atoms with Gasteiger partial charge in [0.15, 0.2) is 5.60 Å². The summed E-state index contributed by atoms with van der Waals surface area (Å²) in [6.45, 7) is 8.47. The molecule has 9 heteroatoms. The van der Waals surface area contributed by atoms with E-state index in [4.69, 9.17) is 5.73 Å². The molecule has 5 rings (SSSR count). The van der Waals surface area contributed by atoms with Crippen molar-refractivity contribution >= 4 is 34.8 Å². The monoisotopic (exact) mass is 676 g/mol. The molecule has 0 saturated heterocycles. The average Bonchev–Trinajstić information content (AvgIpc) is 3.32. The minimum absolute atomic E-state index is 0.0507. The fraction of sp³-hybridized carbons (Fsp3) is 0.341. The first-order valence-electron chi connectivity index (χ1n) is 17.2. The predicted octanol–water partition coefficient (Wildman–Crippen LogP) is 6.28. The first-order chi connectivity index (χ1) is 23.9. The van der Waals surface area contributed by atoms with Crippen LogP contribution in [0.1, 0.15) is 74.0 Å². The van der Waals surface area contributed by atoms with Crippen molar-refractivity contribution in [3.63, 3.8) is 0 Å². The molecule has 3 amide bonds. The molecule has 9 nitrogen and oxygen atoms in total. The van der Waals surface area contributed by atoms with Gasteiger partial charge in [-0.25, -0.2) is 0 Å². The Balaban J connectivity index is 1.38. The Morgan fingerprint density at radius 3 is 2.46 bits per heavy atom. The van der Waals surface area contributed by atoms with E-state index in [1.165, 1.54) is 5.57 Å². The molecule has 262 valence electrons. The van der Waals surface area contributed by atoms with Gasteiger partial charge in [0, 0.05) is 47.9 Å². The first kappa shape index (κ1) is 36.3. The molecule has 3 aromatic rings. The molecular formula is C41H48N4O5. The number of hydrogen-bond donors (Lipinski definition) is 4. The van der Waals surface area contributed by atoms with E-state index in [1.54, 1.807) is 71.3 Å². The van der Waals surface area contributed by atoms with Gasteiger partial charge in [-0.2, -0.15) is 0 Å². The average molecular weight is 677 g/mol. The normalized spacial score (nSPS) is 19.3. The number of nitrogens with two attached hydrogens (primary N) is 1. The number of aliphatic hydroxyl groups excluding tert-OH is 1. The zero-order valence-corrected chi connectivity index (χ0v) is 29.4. The highest BCUT2D eigenvalue weighted by atomic mass is 16.3. The van der Waals surface area contributed by atoms with E-state index in [9.17, 15) is 24.6 Å². The van der Waals surface area contributed by atoms with Gasteiger partial charge >= 0.3 is 0 Å². The van der Waals surface area contributed by atoms with Crippen LogP contribution in [0, 0.1) is 5.92 Å². The van der Waals surface area contributed by atoms with Crippen molar-refractivity contribution in [2.75, 3.05) is 29.1 Å². The smallest absolute Gasteiger partial charge is 0.264 e. The summed E-state index contributed by atoms with van der Waals surface area (Å²) in [4.78, 5) is 43.9. The van der Waals surface area contributed by atoms with E-state index in [2.05, 4.69) is 25.2 Å². The molecule has 3 aromatic carbocycles. The Morgan fingerprint density at radius 1 is 1.04 bits per heavy atom. The summed E-state index contributed by atoms with van der Waals surface area (Å²) in [6, 6.07) is 19.3. The molecule has 2 aliphatic heterocycles. The molecule has 0 spiro atoms. The van der Waals surface area contributed by atoms with E-state index >= 15 is 0 Å². The highest BCUT2D eigenvalue weighted by Crippen LogP contribution is 2.46. The second-order valence-corrected chi connectivity index (χ2v) is 13.6. The lowest BCUT2D eigenvalue weighted by atomic mass is 9.82. The maximum atomic E-state index is 14.2. The number of benzene rings is 3. The summed E-state index contributed by atoms with van der Waals surface area (Å²) in [7, 11) is 0. The van der Waals surface area contributed by atoms with Gasteiger partial charge < -0.3 is 31.1 Å². The van der Waals surface area contributed by atoms with Crippen LogP contribution in [0.25, 0.3) is 0 Å². The van der Waals surface area contributed by atoms with Crippen LogP contribution in [0.4, 0.5) is 17.1 Å². The van der Waals surface area contributed by atoms with Gasteiger partial charge in [-0.1, -0.05) is 66.6 Å². The second kappa shape index (κ2) is 15.7. The molecule has 50 heavy (non-hydrogen) atoms. The summed E-state index contributed by atoms with van der Waals surface area (Å²) in [6.07, 6.45) is 9.97. The quantitative estimate of drug-likeness (QED) is 0.132. The Labute approximate surface area is 294 Å². The standard InChI is InChI=1S/C41H48N4O5/c1-27(2)9-7-10-28(3)21-22-44-37-20-19-34(43-39(48)30-15-17-33(42)18-16-30)24-36(37)41(50,40(44)49)29(4)11-8-14-38(47)45-25-32-13-6-5-12-31(32)23-35(45)26-46/h5-6,8-9,11-13,15-21,24,29,35,46,50H,7,10,14,22-23,25-26,42H2,1-4H3,(H,43,48)/b11-8+,28-21+/t29-,35-,41+/m0/s1. The zero-order valence-electron chi connectivity index (χ0n) is 29.4. The number of amides is 3. The molecule has 0 unspecified atom stereocenters. The number of nitrogens with one attached hydrogen (secondary N) is 1. The van der Waals surface area contributed by atoms with E-state index in [1.807, 2.05) is 37.3 Å². The van der Waals surface area contributed by atoms with Crippen LogP contribution in [0.5, 0.6) is 0 Å². The minimum Gasteiger partial charge on any atom is -0.399 e. The third-order valence-electron chi connectivity index (χ3n) is 9.68. The summed E-state index contributed by atoms with van der Waals surface area (Å²) in [5.41, 5.74) is 10.7. The summed E-state index contributed by atoms with van der Waals surface area (Å²) >= 11 is 0. The highest BCUT2D eigenvalue weighted by Gasteiger charge is 2.52. The number of hydrogen-bond acceptors (Lipinski definition) is 6. The van der Waals surface area contributed by atoms with Crippen molar-refractivity contribution in [3.8, 4) is 0 Å². The summed E-state index contributed by atoms with van der Waals surface area (Å²) < 4.78 is 0. The Bertz CT molecular complexity index is 1820. The number of allylic oxidation sites excluding steroid dienone is 3. The van der Waals surface area contributed by atoms with Crippen molar-refractivity contribution in [1.29, 1.82) is 0 Å². The van der Waals surface area contributed by atoms with Gasteiger partial charge in [0.05, 0.1) is 18.3 Å². The van der Waals surface area contributed by atoms with E-state index < -0.39 is 17.4 Å². The van der Waals surface area contributed by atoms with E-state index in [0.29, 0.717) is 41.2 Å². The van der Waals surface area contributed by atoms with Crippen LogP contribution < -0.4 is 16.0 Å². The number of nitrogens with zero attached hydrogens (tertiary/aromatic N) is 2. The topological polar surface area (TPSA) is 136 Å². The fourth-order valence-corrected chi connectivity index (χ4v) is 6.65. The molecule has 3 atom stereocenters. The lowest BCUT2D eigenvalue weighted by Crippen LogP contribution is -2.46. The number of carbonyl (C=O) groups is 3. The van der Waals surface area contributed by atoms with Gasteiger partial charge in [0.2, 0.25) is 5.91 Å². The summed E-state index contributed by atoms with van der Waals surface area (Å²) in [5.74, 6) is -1.68. The molecule has 0 saturated carbocycles. The number of nitrogen functional groups attached to an aromatic ring is 1. The molecule has 0 bridgehead atoms. The Hall–Kier alpha value is -4.99. The maximum absolute atomic E-state index is 14.2. The van der Waals surface area contributed by atoms with Gasteiger partial charge in [-0.15, -0.1) is 0 Å². The molecule has 0 radical (unpaired) electrons. The third kappa shape index (κ3) is 7.90. The lowest BCUT2D eigenvalue weighted by molar-refractivity contribution is -0.139. The van der Waals surface area contributed by atoms with Gasteiger partial charge in [-0.3, -0.25) is 14.4 Å².